The van der Waals surface area contributed by atoms with Gasteiger partial charge >= 0.3 is 0 Å². The maximum atomic E-state index is 10.8. The van der Waals surface area contributed by atoms with Crippen molar-refractivity contribution in [2.24, 2.45) is 17.3 Å². The van der Waals surface area contributed by atoms with Gasteiger partial charge in [0.1, 0.15) is 0 Å². The van der Waals surface area contributed by atoms with Crippen molar-refractivity contribution in [1.29, 1.82) is 0 Å². The van der Waals surface area contributed by atoms with E-state index in [-0.39, 0.29) is 11.3 Å². The molecule has 0 saturated heterocycles. The molecular formula is C17H30O2. The van der Waals surface area contributed by atoms with Gasteiger partial charge in [0.05, 0.1) is 11.7 Å². The average molecular weight is 266 g/mol. The normalized spacial score (nSPS) is 33.2. The number of hydrogen-bond donors (Lipinski definition) is 2. The van der Waals surface area contributed by atoms with Gasteiger partial charge in [-0.3, -0.25) is 0 Å². The molecule has 19 heavy (non-hydrogen) atoms. The summed E-state index contributed by atoms with van der Waals surface area (Å²) in [6.45, 7) is 15.7. The Morgan fingerprint density at radius 3 is 2.47 bits per heavy atom. The number of allylic oxidation sites excluding steroid dienone is 1. The zero-order valence-electron chi connectivity index (χ0n) is 12.9. The van der Waals surface area contributed by atoms with Crippen LogP contribution >= 0.6 is 0 Å². The molecule has 0 aliphatic heterocycles. The highest BCUT2D eigenvalue weighted by molar-refractivity contribution is 5.10. The van der Waals surface area contributed by atoms with Crippen LogP contribution in [0.4, 0.5) is 0 Å². The second kappa shape index (κ2) is 5.80. The molecule has 2 nitrogen and oxygen atoms in total. The van der Waals surface area contributed by atoms with Crippen molar-refractivity contribution in [3.05, 3.63) is 24.8 Å². The van der Waals surface area contributed by atoms with E-state index in [2.05, 4.69) is 20.1 Å². The molecule has 2 heteroatoms. The van der Waals surface area contributed by atoms with Crippen LogP contribution in [-0.4, -0.2) is 21.9 Å². The van der Waals surface area contributed by atoms with Gasteiger partial charge in [0.2, 0.25) is 0 Å². The largest absolute Gasteiger partial charge is 0.392 e. The summed E-state index contributed by atoms with van der Waals surface area (Å²) in [7, 11) is 0. The monoisotopic (exact) mass is 266 g/mol. The standard InChI is InChI=1S/C17H30O2/c1-7-10-17(15(18)11-12(2)3)13(4)8-9-14(17)16(5,6)19/h7,13-15,18-19H,1-2,8-11H2,3-6H3/t13-,14-,15?,17-/m1/s1. The van der Waals surface area contributed by atoms with E-state index in [1.165, 1.54) is 0 Å². The molecule has 1 unspecified atom stereocenters. The molecule has 1 aliphatic rings. The van der Waals surface area contributed by atoms with Gasteiger partial charge < -0.3 is 10.2 Å². The molecule has 0 aromatic carbocycles. The number of aliphatic hydroxyl groups excluding tert-OH is 1. The molecule has 0 aromatic rings. The van der Waals surface area contributed by atoms with Gasteiger partial charge in [-0.05, 0) is 58.3 Å². The van der Waals surface area contributed by atoms with Crippen molar-refractivity contribution < 1.29 is 10.2 Å². The quantitative estimate of drug-likeness (QED) is 0.720. The highest BCUT2D eigenvalue weighted by Crippen LogP contribution is 2.57. The topological polar surface area (TPSA) is 40.5 Å². The summed E-state index contributed by atoms with van der Waals surface area (Å²) >= 11 is 0. The molecule has 1 fully saturated rings. The molecule has 0 radical (unpaired) electrons. The molecule has 0 amide bonds. The minimum Gasteiger partial charge on any atom is -0.392 e. The highest BCUT2D eigenvalue weighted by Gasteiger charge is 2.55. The molecule has 1 saturated carbocycles. The zero-order valence-corrected chi connectivity index (χ0v) is 12.9. The molecule has 1 rings (SSSR count). The number of rotatable bonds is 6. The van der Waals surface area contributed by atoms with Gasteiger partial charge in [0, 0.05) is 5.41 Å². The Morgan fingerprint density at radius 1 is 1.47 bits per heavy atom. The minimum atomic E-state index is -0.774. The van der Waals surface area contributed by atoms with E-state index in [0.29, 0.717) is 12.3 Å². The summed E-state index contributed by atoms with van der Waals surface area (Å²) in [5.41, 5.74) is -0.0625. The molecule has 4 atom stereocenters. The van der Waals surface area contributed by atoms with E-state index >= 15 is 0 Å². The van der Waals surface area contributed by atoms with E-state index in [4.69, 9.17) is 0 Å². The number of hydrogen-bond acceptors (Lipinski definition) is 2. The third-order valence-electron chi connectivity index (χ3n) is 4.97. The third kappa shape index (κ3) is 3.11. The summed E-state index contributed by atoms with van der Waals surface area (Å²) in [5.74, 6) is 0.485. The van der Waals surface area contributed by atoms with Crippen LogP contribution in [0.25, 0.3) is 0 Å². The maximum absolute atomic E-state index is 10.8. The first-order chi connectivity index (χ1) is 8.66. The Bertz CT molecular complexity index is 340. The second-order valence-corrected chi connectivity index (χ2v) is 6.97. The third-order valence-corrected chi connectivity index (χ3v) is 4.97. The molecule has 1 aliphatic carbocycles. The average Bonchev–Trinajstić information content (AvgIpc) is 2.56. The Labute approximate surface area is 118 Å². The second-order valence-electron chi connectivity index (χ2n) is 6.97. The van der Waals surface area contributed by atoms with Crippen LogP contribution in [0.1, 0.15) is 53.4 Å². The van der Waals surface area contributed by atoms with E-state index in [1.807, 2.05) is 26.8 Å². The van der Waals surface area contributed by atoms with Crippen LogP contribution in [-0.2, 0) is 0 Å². The van der Waals surface area contributed by atoms with Gasteiger partial charge in [-0.1, -0.05) is 18.6 Å². The maximum Gasteiger partial charge on any atom is 0.0642 e. The fraction of sp³-hybridized carbons (Fsp3) is 0.765. The van der Waals surface area contributed by atoms with Crippen molar-refractivity contribution in [3.8, 4) is 0 Å². The Balaban J connectivity index is 3.18. The first kappa shape index (κ1) is 16.5. The summed E-state index contributed by atoms with van der Waals surface area (Å²) in [4.78, 5) is 0. The van der Waals surface area contributed by atoms with Crippen LogP contribution in [0.15, 0.2) is 24.8 Å². The van der Waals surface area contributed by atoms with Crippen molar-refractivity contribution in [1.82, 2.24) is 0 Å². The van der Waals surface area contributed by atoms with Gasteiger partial charge in [-0.15, -0.1) is 13.2 Å². The molecule has 0 heterocycles. The lowest BCUT2D eigenvalue weighted by atomic mass is 9.61. The molecule has 0 spiro atoms. The van der Waals surface area contributed by atoms with Crippen LogP contribution in [0.2, 0.25) is 0 Å². The lowest BCUT2D eigenvalue weighted by Crippen LogP contribution is -2.50. The zero-order chi connectivity index (χ0) is 14.8. The predicted octanol–water partition coefficient (Wildman–Crippen LogP) is 3.69. The van der Waals surface area contributed by atoms with E-state index in [9.17, 15) is 10.2 Å². The summed E-state index contributed by atoms with van der Waals surface area (Å²) in [5, 5.41) is 21.3. The van der Waals surface area contributed by atoms with Gasteiger partial charge in [-0.25, -0.2) is 0 Å². The highest BCUT2D eigenvalue weighted by atomic mass is 16.3. The Morgan fingerprint density at radius 2 is 2.05 bits per heavy atom. The van der Waals surface area contributed by atoms with Crippen LogP contribution < -0.4 is 0 Å². The predicted molar refractivity (Wildman–Crippen MR) is 80.9 cm³/mol. The van der Waals surface area contributed by atoms with Crippen LogP contribution in [0.3, 0.4) is 0 Å². The van der Waals surface area contributed by atoms with Gasteiger partial charge in [0.15, 0.2) is 0 Å². The minimum absolute atomic E-state index is 0.0994. The fourth-order valence-corrected chi connectivity index (χ4v) is 4.12. The van der Waals surface area contributed by atoms with E-state index < -0.39 is 11.7 Å². The van der Waals surface area contributed by atoms with Crippen molar-refractivity contribution in [2.45, 2.75) is 65.1 Å². The van der Waals surface area contributed by atoms with Crippen molar-refractivity contribution >= 4 is 0 Å². The van der Waals surface area contributed by atoms with Crippen LogP contribution in [0, 0.1) is 17.3 Å². The first-order valence-electron chi connectivity index (χ1n) is 7.32. The Hall–Kier alpha value is -0.600. The Kier molecular flexibility index (Phi) is 5.02. The lowest BCUT2D eigenvalue weighted by molar-refractivity contribution is -0.103. The molecule has 110 valence electrons. The van der Waals surface area contributed by atoms with Crippen LogP contribution in [0.5, 0.6) is 0 Å². The van der Waals surface area contributed by atoms with E-state index in [1.54, 1.807) is 0 Å². The summed E-state index contributed by atoms with van der Waals surface area (Å²) in [6, 6.07) is 0. The summed E-state index contributed by atoms with van der Waals surface area (Å²) in [6.07, 6.45) is 4.79. The van der Waals surface area contributed by atoms with Gasteiger partial charge in [-0.2, -0.15) is 0 Å². The van der Waals surface area contributed by atoms with Crippen molar-refractivity contribution in [2.75, 3.05) is 0 Å². The SMILES string of the molecule is C=CC[C@@]1(C(O)CC(=C)C)[C@H](C)CC[C@@H]1C(C)(C)O. The molecule has 0 bridgehead atoms. The molecular weight excluding hydrogens is 236 g/mol. The van der Waals surface area contributed by atoms with E-state index in [0.717, 1.165) is 24.8 Å². The smallest absolute Gasteiger partial charge is 0.0642 e. The number of aliphatic hydroxyl groups is 2. The first-order valence-corrected chi connectivity index (χ1v) is 7.32. The molecule has 0 aromatic heterocycles. The molecule has 2 N–H and O–H groups in total. The summed E-state index contributed by atoms with van der Waals surface area (Å²) < 4.78 is 0. The fourth-order valence-electron chi connectivity index (χ4n) is 4.12. The van der Waals surface area contributed by atoms with Gasteiger partial charge in [0.25, 0.3) is 0 Å². The van der Waals surface area contributed by atoms with Crippen molar-refractivity contribution in [3.63, 3.8) is 0 Å². The lowest BCUT2D eigenvalue weighted by Gasteiger charge is -2.47.